The summed E-state index contributed by atoms with van der Waals surface area (Å²) < 4.78 is 0. The van der Waals surface area contributed by atoms with E-state index in [-0.39, 0.29) is 5.92 Å². The molecule has 18 heavy (non-hydrogen) atoms. The van der Waals surface area contributed by atoms with Crippen molar-refractivity contribution >= 4 is 22.9 Å². The largest absolute Gasteiger partial charge is 0.330 e. The summed E-state index contributed by atoms with van der Waals surface area (Å²) in [6.07, 6.45) is 0.850. The maximum Gasteiger partial charge on any atom is 0.0977 e. The molecule has 2 nitrogen and oxygen atoms in total. The fourth-order valence-corrected chi connectivity index (χ4v) is 3.12. The molecular formula is C14H17ClN2S. The number of benzene rings is 1. The Morgan fingerprint density at radius 2 is 2.06 bits per heavy atom. The first-order chi connectivity index (χ1) is 8.61. The number of nitrogens with zero attached hydrogens (tertiary/aromatic N) is 1. The summed E-state index contributed by atoms with van der Waals surface area (Å²) in [5.74, 6) is 0.252. The minimum atomic E-state index is 0.252. The minimum Gasteiger partial charge on any atom is -0.330 e. The fraction of sp³-hybridized carbons (Fsp3) is 0.357. The van der Waals surface area contributed by atoms with E-state index in [4.69, 9.17) is 17.3 Å². The number of halogens is 1. The molecule has 0 bridgehead atoms. The van der Waals surface area contributed by atoms with Crippen LogP contribution in [0.4, 0.5) is 0 Å². The summed E-state index contributed by atoms with van der Waals surface area (Å²) in [6.45, 7) is 4.73. The summed E-state index contributed by atoms with van der Waals surface area (Å²) >= 11 is 7.93. The molecular weight excluding hydrogens is 264 g/mol. The minimum absolute atomic E-state index is 0.252. The smallest absolute Gasteiger partial charge is 0.0977 e. The molecule has 0 aliphatic carbocycles. The Bertz CT molecular complexity index is 517. The summed E-state index contributed by atoms with van der Waals surface area (Å²) in [5, 5.41) is 1.92. The second-order valence-electron chi connectivity index (χ2n) is 4.42. The second kappa shape index (κ2) is 5.83. The van der Waals surface area contributed by atoms with Crippen LogP contribution in [0.2, 0.25) is 5.02 Å². The predicted octanol–water partition coefficient (Wildman–Crippen LogP) is 3.70. The highest BCUT2D eigenvalue weighted by Gasteiger charge is 2.16. The molecule has 2 N–H and O–H groups in total. The Labute approximate surface area is 117 Å². The van der Waals surface area contributed by atoms with Crippen molar-refractivity contribution in [3.63, 3.8) is 0 Å². The van der Waals surface area contributed by atoms with Gasteiger partial charge in [-0.25, -0.2) is 4.98 Å². The Balaban J connectivity index is 2.22. The standard InChI is InChI=1S/C14H17ClN2S/c1-9-10(2)18-14(17-9)12(8-16)7-11-5-3-4-6-13(11)15/h3-6,12H,7-8,16H2,1-2H3. The fourth-order valence-electron chi connectivity index (χ4n) is 1.87. The molecule has 0 radical (unpaired) electrons. The maximum atomic E-state index is 6.19. The van der Waals surface area contributed by atoms with E-state index < -0.39 is 0 Å². The molecule has 1 aromatic heterocycles. The van der Waals surface area contributed by atoms with Crippen LogP contribution in [0.15, 0.2) is 24.3 Å². The summed E-state index contributed by atoms with van der Waals surface area (Å²) in [7, 11) is 0. The lowest BCUT2D eigenvalue weighted by atomic mass is 10.00. The van der Waals surface area contributed by atoms with E-state index in [0.29, 0.717) is 6.54 Å². The first-order valence-electron chi connectivity index (χ1n) is 5.99. The molecule has 0 aliphatic rings. The van der Waals surface area contributed by atoms with Crippen LogP contribution < -0.4 is 5.73 Å². The Kier molecular flexibility index (Phi) is 4.38. The number of nitrogens with two attached hydrogens (primary N) is 1. The van der Waals surface area contributed by atoms with Gasteiger partial charge in [0.25, 0.3) is 0 Å². The van der Waals surface area contributed by atoms with Crippen molar-refractivity contribution in [2.75, 3.05) is 6.54 Å². The van der Waals surface area contributed by atoms with Gasteiger partial charge in [-0.15, -0.1) is 11.3 Å². The molecule has 4 heteroatoms. The van der Waals surface area contributed by atoms with E-state index in [1.165, 1.54) is 4.88 Å². The molecule has 1 unspecified atom stereocenters. The Morgan fingerprint density at radius 1 is 1.33 bits per heavy atom. The predicted molar refractivity (Wildman–Crippen MR) is 78.5 cm³/mol. The van der Waals surface area contributed by atoms with Gasteiger partial charge in [-0.1, -0.05) is 29.8 Å². The first-order valence-corrected chi connectivity index (χ1v) is 7.18. The molecule has 0 fully saturated rings. The topological polar surface area (TPSA) is 38.9 Å². The van der Waals surface area contributed by atoms with Gasteiger partial charge >= 0.3 is 0 Å². The van der Waals surface area contributed by atoms with Crippen molar-refractivity contribution in [2.45, 2.75) is 26.2 Å². The van der Waals surface area contributed by atoms with E-state index in [9.17, 15) is 0 Å². The highest BCUT2D eigenvalue weighted by Crippen LogP contribution is 2.28. The molecule has 0 amide bonds. The van der Waals surface area contributed by atoms with Crippen molar-refractivity contribution < 1.29 is 0 Å². The molecule has 2 aromatic rings. The van der Waals surface area contributed by atoms with Crippen LogP contribution in [0.3, 0.4) is 0 Å². The molecule has 0 spiro atoms. The van der Waals surface area contributed by atoms with E-state index in [1.807, 2.05) is 25.1 Å². The van der Waals surface area contributed by atoms with Crippen LogP contribution >= 0.6 is 22.9 Å². The van der Waals surface area contributed by atoms with Crippen molar-refractivity contribution in [1.82, 2.24) is 4.98 Å². The van der Waals surface area contributed by atoms with Gasteiger partial charge in [0, 0.05) is 22.4 Å². The van der Waals surface area contributed by atoms with Gasteiger partial charge in [-0.2, -0.15) is 0 Å². The zero-order valence-electron chi connectivity index (χ0n) is 10.6. The number of thiazole rings is 1. The molecule has 0 aliphatic heterocycles. The third kappa shape index (κ3) is 2.91. The average Bonchev–Trinajstić information content (AvgIpc) is 2.68. The van der Waals surface area contributed by atoms with Crippen molar-refractivity contribution in [3.05, 3.63) is 50.4 Å². The van der Waals surface area contributed by atoms with Gasteiger partial charge in [0.05, 0.1) is 10.7 Å². The van der Waals surface area contributed by atoms with Crippen molar-refractivity contribution in [2.24, 2.45) is 5.73 Å². The second-order valence-corrected chi connectivity index (χ2v) is 6.06. The van der Waals surface area contributed by atoms with Crippen LogP contribution in [0.5, 0.6) is 0 Å². The van der Waals surface area contributed by atoms with Crippen molar-refractivity contribution in [3.8, 4) is 0 Å². The van der Waals surface area contributed by atoms with Crippen LogP contribution in [-0.2, 0) is 6.42 Å². The zero-order valence-corrected chi connectivity index (χ0v) is 12.2. The Hall–Kier alpha value is -0.900. The SMILES string of the molecule is Cc1nc(C(CN)Cc2ccccc2Cl)sc1C. The van der Waals surface area contributed by atoms with E-state index in [0.717, 1.165) is 27.7 Å². The van der Waals surface area contributed by atoms with Gasteiger partial charge in [0.1, 0.15) is 0 Å². The molecule has 96 valence electrons. The molecule has 1 aromatic carbocycles. The van der Waals surface area contributed by atoms with E-state index >= 15 is 0 Å². The highest BCUT2D eigenvalue weighted by atomic mass is 35.5. The first kappa shape index (κ1) is 13.5. The average molecular weight is 281 g/mol. The summed E-state index contributed by atoms with van der Waals surface area (Å²) in [4.78, 5) is 5.87. The third-order valence-electron chi connectivity index (χ3n) is 3.10. The van der Waals surface area contributed by atoms with Crippen LogP contribution in [-0.4, -0.2) is 11.5 Å². The lowest BCUT2D eigenvalue weighted by Gasteiger charge is -2.12. The molecule has 0 saturated carbocycles. The van der Waals surface area contributed by atoms with Crippen molar-refractivity contribution in [1.29, 1.82) is 0 Å². The zero-order chi connectivity index (χ0) is 13.1. The van der Waals surface area contributed by atoms with Gasteiger partial charge in [0.15, 0.2) is 0 Å². The van der Waals surface area contributed by atoms with Gasteiger partial charge < -0.3 is 5.73 Å². The number of rotatable bonds is 4. The van der Waals surface area contributed by atoms with E-state index in [2.05, 4.69) is 18.0 Å². The number of hydrogen-bond donors (Lipinski definition) is 1. The number of hydrogen-bond acceptors (Lipinski definition) is 3. The monoisotopic (exact) mass is 280 g/mol. The number of aryl methyl sites for hydroxylation is 2. The molecule has 1 atom stereocenters. The van der Waals surface area contributed by atoms with Gasteiger partial charge in [-0.05, 0) is 31.9 Å². The van der Waals surface area contributed by atoms with Crippen LogP contribution in [0.25, 0.3) is 0 Å². The summed E-state index contributed by atoms with van der Waals surface area (Å²) in [5.41, 5.74) is 8.13. The van der Waals surface area contributed by atoms with Crippen LogP contribution in [0.1, 0.15) is 27.1 Å². The van der Waals surface area contributed by atoms with Gasteiger partial charge in [-0.3, -0.25) is 0 Å². The third-order valence-corrected chi connectivity index (χ3v) is 4.71. The normalized spacial score (nSPS) is 12.7. The lowest BCUT2D eigenvalue weighted by molar-refractivity contribution is 0.687. The quantitative estimate of drug-likeness (QED) is 0.927. The molecule has 1 heterocycles. The maximum absolute atomic E-state index is 6.19. The highest BCUT2D eigenvalue weighted by molar-refractivity contribution is 7.11. The lowest BCUT2D eigenvalue weighted by Crippen LogP contribution is -2.15. The van der Waals surface area contributed by atoms with E-state index in [1.54, 1.807) is 11.3 Å². The number of aromatic nitrogens is 1. The molecule has 0 saturated heterocycles. The molecule has 2 rings (SSSR count). The summed E-state index contributed by atoms with van der Waals surface area (Å²) in [6, 6.07) is 7.93. The van der Waals surface area contributed by atoms with Gasteiger partial charge in [0.2, 0.25) is 0 Å². The van der Waals surface area contributed by atoms with Crippen LogP contribution in [0, 0.1) is 13.8 Å². The Morgan fingerprint density at radius 3 is 2.61 bits per heavy atom.